The number of para-hydroxylation sites is 1. The third kappa shape index (κ3) is 6.15. The van der Waals surface area contributed by atoms with E-state index in [0.29, 0.717) is 30.8 Å². The van der Waals surface area contributed by atoms with E-state index in [1.165, 1.54) is 33.9 Å². The zero-order valence-electron chi connectivity index (χ0n) is 22.3. The Bertz CT molecular complexity index is 1410. The molecule has 0 spiro atoms. The van der Waals surface area contributed by atoms with Crippen molar-refractivity contribution in [2.24, 2.45) is 0 Å². The largest absolute Gasteiger partial charge is 0.416 e. The average Bonchev–Trinajstić information content (AvgIpc) is 3.26. The molecule has 2 aliphatic heterocycles. The molecule has 0 radical (unpaired) electrons. The van der Waals surface area contributed by atoms with Gasteiger partial charge in [-0.05, 0) is 37.1 Å². The van der Waals surface area contributed by atoms with E-state index in [1.54, 1.807) is 0 Å². The number of nitrogens with zero attached hydrogens (tertiary/aromatic N) is 5. The van der Waals surface area contributed by atoms with Gasteiger partial charge in [0.1, 0.15) is 0 Å². The normalized spacial score (nSPS) is 17.4. The van der Waals surface area contributed by atoms with Crippen LogP contribution in [0.15, 0.2) is 48.5 Å². The summed E-state index contributed by atoms with van der Waals surface area (Å²) in [4.78, 5) is 4.88. The van der Waals surface area contributed by atoms with Gasteiger partial charge in [0, 0.05) is 81.3 Å². The standard InChI is InChI=1S/C28H34F3N5O2S/c1-21-6-3-4-7-25(21)34-18-16-33(17-19-34)13-5-14-36-26-12-15-35(39(2,37)38)20-24(26)27(32-36)22-8-10-23(11-9-22)28(29,30)31/h3-4,6-11H,5,12-20H2,1-2H3. The molecule has 3 heterocycles. The first kappa shape index (κ1) is 27.7. The highest BCUT2D eigenvalue weighted by Crippen LogP contribution is 2.34. The maximum Gasteiger partial charge on any atom is 0.416 e. The van der Waals surface area contributed by atoms with E-state index in [9.17, 15) is 21.6 Å². The molecule has 2 aromatic carbocycles. The summed E-state index contributed by atoms with van der Waals surface area (Å²) in [5, 5.41) is 4.80. The first-order valence-electron chi connectivity index (χ1n) is 13.2. The molecule has 0 saturated carbocycles. The second-order valence-corrected chi connectivity index (χ2v) is 12.4. The van der Waals surface area contributed by atoms with E-state index in [0.717, 1.165) is 62.5 Å². The van der Waals surface area contributed by atoms with Gasteiger partial charge in [0.05, 0.1) is 17.5 Å². The fourth-order valence-corrected chi connectivity index (χ4v) is 6.34. The maximum absolute atomic E-state index is 13.1. The number of benzene rings is 2. The molecule has 3 aromatic rings. The fraction of sp³-hybridized carbons (Fsp3) is 0.464. The topological polar surface area (TPSA) is 61.7 Å². The minimum atomic E-state index is -4.42. The third-order valence-corrected chi connectivity index (χ3v) is 8.98. The number of halogens is 3. The second kappa shape index (κ2) is 10.9. The summed E-state index contributed by atoms with van der Waals surface area (Å²) in [6, 6.07) is 13.4. The summed E-state index contributed by atoms with van der Waals surface area (Å²) >= 11 is 0. The molecule has 0 amide bonds. The van der Waals surface area contributed by atoms with Crippen LogP contribution in [0.4, 0.5) is 18.9 Å². The van der Waals surface area contributed by atoms with E-state index in [2.05, 4.69) is 41.0 Å². The Balaban J connectivity index is 1.28. The molecule has 0 aliphatic carbocycles. The zero-order chi connectivity index (χ0) is 27.8. The Labute approximate surface area is 227 Å². The van der Waals surface area contributed by atoms with Crippen molar-refractivity contribution in [3.63, 3.8) is 0 Å². The molecule has 5 rings (SSSR count). The molecule has 1 aromatic heterocycles. The number of piperazine rings is 1. The van der Waals surface area contributed by atoms with Gasteiger partial charge in [0.15, 0.2) is 0 Å². The van der Waals surface area contributed by atoms with Crippen molar-refractivity contribution in [3.8, 4) is 11.3 Å². The molecule has 0 N–H and O–H groups in total. The molecule has 0 bridgehead atoms. The van der Waals surface area contributed by atoms with Crippen LogP contribution in [0.1, 0.15) is 28.8 Å². The minimum absolute atomic E-state index is 0.172. The van der Waals surface area contributed by atoms with Gasteiger partial charge in [-0.25, -0.2) is 8.42 Å². The molecular weight excluding hydrogens is 527 g/mol. The second-order valence-electron chi connectivity index (χ2n) is 10.4. The lowest BCUT2D eigenvalue weighted by atomic mass is 10.0. The van der Waals surface area contributed by atoms with Crippen LogP contribution in [0.5, 0.6) is 0 Å². The van der Waals surface area contributed by atoms with E-state index in [-0.39, 0.29) is 6.54 Å². The van der Waals surface area contributed by atoms with Crippen LogP contribution in [0.25, 0.3) is 11.3 Å². The van der Waals surface area contributed by atoms with Crippen LogP contribution >= 0.6 is 0 Å². The molecule has 39 heavy (non-hydrogen) atoms. The number of fused-ring (bicyclic) bond motifs is 1. The van der Waals surface area contributed by atoms with Crippen molar-refractivity contribution >= 4 is 15.7 Å². The number of sulfonamides is 1. The lowest BCUT2D eigenvalue weighted by Crippen LogP contribution is -2.47. The number of rotatable bonds is 7. The van der Waals surface area contributed by atoms with Gasteiger partial charge in [-0.1, -0.05) is 30.3 Å². The number of alkyl halides is 3. The van der Waals surface area contributed by atoms with Crippen LogP contribution in [0.2, 0.25) is 0 Å². The molecule has 11 heteroatoms. The Morgan fingerprint density at radius 1 is 0.923 bits per heavy atom. The maximum atomic E-state index is 13.1. The van der Waals surface area contributed by atoms with Crippen molar-refractivity contribution in [2.45, 2.75) is 39.0 Å². The number of anilines is 1. The van der Waals surface area contributed by atoms with Gasteiger partial charge in [-0.2, -0.15) is 22.6 Å². The zero-order valence-corrected chi connectivity index (χ0v) is 23.1. The van der Waals surface area contributed by atoms with E-state index < -0.39 is 21.8 Å². The molecule has 7 nitrogen and oxygen atoms in total. The van der Waals surface area contributed by atoms with Gasteiger partial charge >= 0.3 is 6.18 Å². The summed E-state index contributed by atoms with van der Waals surface area (Å²) in [5.74, 6) is 0. The van der Waals surface area contributed by atoms with Gasteiger partial charge < -0.3 is 4.90 Å². The molecule has 0 atom stereocenters. The highest BCUT2D eigenvalue weighted by molar-refractivity contribution is 7.88. The Hall–Kier alpha value is -2.89. The van der Waals surface area contributed by atoms with Crippen molar-refractivity contribution in [1.82, 2.24) is 19.0 Å². The third-order valence-electron chi connectivity index (χ3n) is 7.73. The summed E-state index contributed by atoms with van der Waals surface area (Å²) in [7, 11) is -3.41. The smallest absolute Gasteiger partial charge is 0.369 e. The Morgan fingerprint density at radius 2 is 1.62 bits per heavy atom. The Kier molecular flexibility index (Phi) is 7.76. The van der Waals surface area contributed by atoms with Gasteiger partial charge in [-0.15, -0.1) is 0 Å². The van der Waals surface area contributed by atoms with Crippen LogP contribution in [0.3, 0.4) is 0 Å². The van der Waals surface area contributed by atoms with Crippen molar-refractivity contribution in [3.05, 3.63) is 70.9 Å². The van der Waals surface area contributed by atoms with Crippen LogP contribution < -0.4 is 4.90 Å². The van der Waals surface area contributed by atoms with Gasteiger partial charge in [0.25, 0.3) is 0 Å². The summed E-state index contributed by atoms with van der Waals surface area (Å²) in [6.07, 6.45) is -1.85. The van der Waals surface area contributed by atoms with Crippen LogP contribution in [-0.2, 0) is 35.7 Å². The Morgan fingerprint density at radius 3 is 2.26 bits per heavy atom. The number of aryl methyl sites for hydroxylation is 2. The van der Waals surface area contributed by atoms with Gasteiger partial charge in [0.2, 0.25) is 10.0 Å². The predicted molar refractivity (Wildman–Crippen MR) is 146 cm³/mol. The SMILES string of the molecule is Cc1ccccc1N1CCN(CCCn2nc(-c3ccc(C(F)(F)F)cc3)c3c2CCN(S(C)(=O)=O)C3)CC1. The molecule has 2 aliphatic rings. The molecule has 1 fully saturated rings. The first-order chi connectivity index (χ1) is 18.5. The quantitative estimate of drug-likeness (QED) is 0.428. The number of hydrogen-bond acceptors (Lipinski definition) is 5. The van der Waals surface area contributed by atoms with E-state index in [1.807, 2.05) is 4.68 Å². The van der Waals surface area contributed by atoms with Gasteiger partial charge in [-0.3, -0.25) is 9.58 Å². The lowest BCUT2D eigenvalue weighted by molar-refractivity contribution is -0.137. The minimum Gasteiger partial charge on any atom is -0.369 e. The highest BCUT2D eigenvalue weighted by Gasteiger charge is 2.32. The van der Waals surface area contributed by atoms with Crippen molar-refractivity contribution in [2.75, 3.05) is 50.4 Å². The number of hydrogen-bond donors (Lipinski definition) is 0. The molecular formula is C28H34F3N5O2S. The number of aromatic nitrogens is 2. The molecule has 0 unspecified atom stereocenters. The van der Waals surface area contributed by atoms with E-state index >= 15 is 0 Å². The lowest BCUT2D eigenvalue weighted by Gasteiger charge is -2.36. The predicted octanol–water partition coefficient (Wildman–Crippen LogP) is 4.41. The summed E-state index contributed by atoms with van der Waals surface area (Å²) in [5.41, 5.74) is 4.71. The van der Waals surface area contributed by atoms with Crippen LogP contribution in [0, 0.1) is 6.92 Å². The van der Waals surface area contributed by atoms with Crippen molar-refractivity contribution in [1.29, 1.82) is 0 Å². The fourth-order valence-electron chi connectivity index (χ4n) is 5.56. The summed E-state index contributed by atoms with van der Waals surface area (Å²) < 4.78 is 67.1. The van der Waals surface area contributed by atoms with Crippen LogP contribution in [-0.4, -0.2) is 72.9 Å². The summed E-state index contributed by atoms with van der Waals surface area (Å²) in [6.45, 7) is 8.16. The van der Waals surface area contributed by atoms with E-state index in [4.69, 9.17) is 5.10 Å². The molecule has 210 valence electrons. The monoisotopic (exact) mass is 561 g/mol. The average molecular weight is 562 g/mol. The highest BCUT2D eigenvalue weighted by atomic mass is 32.2. The molecule has 1 saturated heterocycles. The van der Waals surface area contributed by atoms with Crippen molar-refractivity contribution < 1.29 is 21.6 Å². The first-order valence-corrected chi connectivity index (χ1v) is 15.1.